The first-order valence-corrected chi connectivity index (χ1v) is 9.62. The molecule has 7 unspecified atom stereocenters. The molecule has 0 aromatic carbocycles. The highest BCUT2D eigenvalue weighted by Gasteiger charge is 2.70. The number of hydrogen-bond donors (Lipinski definition) is 1. The molecule has 6 nitrogen and oxygen atoms in total. The number of Topliss-reactive ketones (excluding diaryl/α,β-unsaturated/α-hetero) is 2. The van der Waals surface area contributed by atoms with E-state index in [1.54, 1.807) is 0 Å². The van der Waals surface area contributed by atoms with Crippen molar-refractivity contribution in [1.82, 2.24) is 0 Å². The second-order valence-corrected chi connectivity index (χ2v) is 8.80. The summed E-state index contributed by atoms with van der Waals surface area (Å²) in [6.07, 6.45) is 2.35. The van der Waals surface area contributed by atoms with Gasteiger partial charge in [-0.3, -0.25) is 9.59 Å². The van der Waals surface area contributed by atoms with Crippen LogP contribution in [0, 0.1) is 28.6 Å². The van der Waals surface area contributed by atoms with E-state index in [-0.39, 0.29) is 29.5 Å². The van der Waals surface area contributed by atoms with Gasteiger partial charge in [-0.25, -0.2) is 0 Å². The SMILES string of the molecule is COC1=CCC2CC3OC(O)CC4C(C)=C(OC)C(=O)C(C2(C)C1=O)C34C. The van der Waals surface area contributed by atoms with Gasteiger partial charge in [0.2, 0.25) is 11.6 Å². The number of methoxy groups -OCH3 is 2. The number of aliphatic hydroxyl groups is 1. The number of hydrogen-bond acceptors (Lipinski definition) is 6. The molecule has 3 aliphatic carbocycles. The summed E-state index contributed by atoms with van der Waals surface area (Å²) in [5.41, 5.74) is -0.600. The van der Waals surface area contributed by atoms with Gasteiger partial charge >= 0.3 is 0 Å². The maximum Gasteiger partial charge on any atom is 0.203 e. The van der Waals surface area contributed by atoms with Gasteiger partial charge in [-0.05, 0) is 43.3 Å². The molecule has 27 heavy (non-hydrogen) atoms. The number of carbonyl (C=O) groups is 2. The van der Waals surface area contributed by atoms with Crippen LogP contribution in [0.25, 0.3) is 0 Å². The third-order valence-electron chi connectivity index (χ3n) is 7.86. The van der Waals surface area contributed by atoms with Crippen molar-refractivity contribution in [3.8, 4) is 0 Å². The highest BCUT2D eigenvalue weighted by molar-refractivity contribution is 6.07. The summed E-state index contributed by atoms with van der Waals surface area (Å²) >= 11 is 0. The van der Waals surface area contributed by atoms with Crippen molar-refractivity contribution in [2.75, 3.05) is 14.2 Å². The quantitative estimate of drug-likeness (QED) is 0.797. The minimum atomic E-state index is -0.878. The Morgan fingerprint density at radius 1 is 1.19 bits per heavy atom. The predicted octanol–water partition coefficient (Wildman–Crippen LogP) is 2.36. The van der Waals surface area contributed by atoms with Crippen molar-refractivity contribution < 1.29 is 28.9 Å². The van der Waals surface area contributed by atoms with Crippen molar-refractivity contribution in [3.05, 3.63) is 23.2 Å². The van der Waals surface area contributed by atoms with Gasteiger partial charge in [0.15, 0.2) is 17.8 Å². The molecule has 0 radical (unpaired) electrons. The number of carbonyl (C=O) groups excluding carboxylic acids is 2. The van der Waals surface area contributed by atoms with Gasteiger partial charge in [-0.2, -0.15) is 0 Å². The van der Waals surface area contributed by atoms with Crippen molar-refractivity contribution in [2.45, 2.75) is 52.4 Å². The maximum absolute atomic E-state index is 13.6. The van der Waals surface area contributed by atoms with Crippen LogP contribution < -0.4 is 0 Å². The molecule has 0 amide bonds. The van der Waals surface area contributed by atoms with Crippen LogP contribution in [0.5, 0.6) is 0 Å². The molecular formula is C21H28O6. The van der Waals surface area contributed by atoms with Gasteiger partial charge in [0, 0.05) is 23.2 Å². The van der Waals surface area contributed by atoms with Crippen molar-refractivity contribution in [3.63, 3.8) is 0 Å². The third kappa shape index (κ3) is 2.14. The number of allylic oxidation sites excluding steroid dienone is 4. The molecule has 1 aliphatic heterocycles. The van der Waals surface area contributed by atoms with Crippen LogP contribution in [0.2, 0.25) is 0 Å². The lowest BCUT2D eigenvalue weighted by Crippen LogP contribution is -2.68. The Kier molecular flexibility index (Phi) is 4.10. The summed E-state index contributed by atoms with van der Waals surface area (Å²) in [5.74, 6) is -0.266. The van der Waals surface area contributed by atoms with Gasteiger partial charge in [0.05, 0.1) is 20.3 Å². The smallest absolute Gasteiger partial charge is 0.203 e. The second-order valence-electron chi connectivity index (χ2n) is 8.80. The van der Waals surface area contributed by atoms with E-state index in [0.29, 0.717) is 30.8 Å². The molecule has 1 N–H and O–H groups in total. The fourth-order valence-corrected chi connectivity index (χ4v) is 6.54. The van der Waals surface area contributed by atoms with Crippen LogP contribution in [0.1, 0.15) is 40.0 Å². The Balaban J connectivity index is 1.95. The lowest BCUT2D eigenvalue weighted by Gasteiger charge is -2.64. The molecule has 0 aromatic heterocycles. The Morgan fingerprint density at radius 3 is 2.52 bits per heavy atom. The molecule has 7 atom stereocenters. The summed E-state index contributed by atoms with van der Waals surface area (Å²) in [6, 6.07) is 0. The Hall–Kier alpha value is -1.66. The molecule has 1 saturated heterocycles. The summed E-state index contributed by atoms with van der Waals surface area (Å²) in [6.45, 7) is 5.86. The molecular weight excluding hydrogens is 348 g/mol. The topological polar surface area (TPSA) is 82.1 Å². The zero-order valence-electron chi connectivity index (χ0n) is 16.6. The van der Waals surface area contributed by atoms with E-state index in [0.717, 1.165) is 5.57 Å². The Morgan fingerprint density at radius 2 is 1.89 bits per heavy atom. The predicted molar refractivity (Wildman–Crippen MR) is 96.2 cm³/mol. The average molecular weight is 376 g/mol. The van der Waals surface area contributed by atoms with Crippen LogP contribution in [-0.4, -0.2) is 43.3 Å². The fourth-order valence-electron chi connectivity index (χ4n) is 6.54. The molecule has 0 spiro atoms. The number of aliphatic hydroxyl groups excluding tert-OH is 1. The first-order chi connectivity index (χ1) is 12.7. The van der Waals surface area contributed by atoms with E-state index >= 15 is 0 Å². The molecule has 4 aliphatic rings. The van der Waals surface area contributed by atoms with E-state index < -0.39 is 23.0 Å². The van der Waals surface area contributed by atoms with Gasteiger partial charge in [0.25, 0.3) is 0 Å². The first-order valence-electron chi connectivity index (χ1n) is 9.62. The van der Waals surface area contributed by atoms with Crippen LogP contribution in [0.15, 0.2) is 23.2 Å². The van der Waals surface area contributed by atoms with Crippen LogP contribution in [0.4, 0.5) is 0 Å². The molecule has 1 heterocycles. The van der Waals surface area contributed by atoms with Gasteiger partial charge in [-0.1, -0.05) is 13.8 Å². The highest BCUT2D eigenvalue weighted by atomic mass is 16.6. The maximum atomic E-state index is 13.6. The van der Waals surface area contributed by atoms with E-state index in [2.05, 4.69) is 0 Å². The van der Waals surface area contributed by atoms with E-state index in [9.17, 15) is 14.7 Å². The van der Waals surface area contributed by atoms with E-state index in [1.807, 2.05) is 26.8 Å². The lowest BCUT2D eigenvalue weighted by atomic mass is 9.41. The number of fused-ring (bicyclic) bond motifs is 2. The normalized spacial score (nSPS) is 46.4. The second kappa shape index (κ2) is 5.92. The standard InChI is InChI=1S/C21H28O6/c1-10-12-9-15(22)27-14-8-11-6-7-13(25-4)19(24)20(11,2)18(21(12,14)3)16(23)17(10)26-5/h7,11-12,14-15,18,22H,6,8-9H2,1-5H3. The Labute approximate surface area is 159 Å². The average Bonchev–Trinajstić information content (AvgIpc) is 2.61. The molecule has 1 saturated carbocycles. The van der Waals surface area contributed by atoms with Crippen molar-refractivity contribution in [1.29, 1.82) is 0 Å². The molecule has 148 valence electrons. The number of ether oxygens (including phenoxy) is 3. The van der Waals surface area contributed by atoms with Crippen LogP contribution in [-0.2, 0) is 23.8 Å². The number of ketones is 2. The largest absolute Gasteiger partial charge is 0.493 e. The minimum absolute atomic E-state index is 0.0432. The minimum Gasteiger partial charge on any atom is -0.493 e. The molecule has 4 rings (SSSR count). The summed E-state index contributed by atoms with van der Waals surface area (Å²) in [4.78, 5) is 27.0. The summed E-state index contributed by atoms with van der Waals surface area (Å²) < 4.78 is 16.8. The monoisotopic (exact) mass is 376 g/mol. The molecule has 2 fully saturated rings. The zero-order valence-corrected chi connectivity index (χ0v) is 16.6. The Bertz CT molecular complexity index is 767. The van der Waals surface area contributed by atoms with Crippen LogP contribution in [0.3, 0.4) is 0 Å². The molecule has 6 heteroatoms. The first kappa shape index (κ1) is 18.7. The summed E-state index contributed by atoms with van der Waals surface area (Å²) in [5, 5.41) is 10.3. The third-order valence-corrected chi connectivity index (χ3v) is 7.86. The van der Waals surface area contributed by atoms with E-state index in [1.165, 1.54) is 14.2 Å². The van der Waals surface area contributed by atoms with Gasteiger partial charge in [0.1, 0.15) is 0 Å². The van der Waals surface area contributed by atoms with E-state index in [4.69, 9.17) is 14.2 Å². The zero-order chi connectivity index (χ0) is 19.7. The van der Waals surface area contributed by atoms with Gasteiger partial charge < -0.3 is 19.3 Å². The summed E-state index contributed by atoms with van der Waals surface area (Å²) in [7, 11) is 3.00. The molecule has 0 aromatic rings. The van der Waals surface area contributed by atoms with Crippen molar-refractivity contribution in [2.24, 2.45) is 28.6 Å². The van der Waals surface area contributed by atoms with Crippen molar-refractivity contribution >= 4 is 11.6 Å². The van der Waals surface area contributed by atoms with Crippen LogP contribution >= 0.6 is 0 Å². The number of rotatable bonds is 2. The fraction of sp³-hybridized carbons (Fsp3) is 0.714. The lowest BCUT2D eigenvalue weighted by molar-refractivity contribution is -0.270. The van der Waals surface area contributed by atoms with Gasteiger partial charge in [-0.15, -0.1) is 0 Å². The highest BCUT2D eigenvalue weighted by Crippen LogP contribution is 2.66. The molecule has 0 bridgehead atoms.